The Balaban J connectivity index is 2.49. The van der Waals surface area contributed by atoms with Crippen molar-refractivity contribution < 1.29 is 14.3 Å². The molecular formula is C7H13NO3. The lowest BCUT2D eigenvalue weighted by molar-refractivity contribution is -0.149. The molecule has 1 aliphatic heterocycles. The van der Waals surface area contributed by atoms with E-state index in [1.807, 2.05) is 0 Å². The zero-order chi connectivity index (χ0) is 8.32. The first-order chi connectivity index (χ1) is 5.19. The van der Waals surface area contributed by atoms with E-state index in [2.05, 4.69) is 0 Å². The van der Waals surface area contributed by atoms with Gasteiger partial charge in [0.05, 0.1) is 13.2 Å². The van der Waals surface area contributed by atoms with Gasteiger partial charge in [-0.25, -0.2) is 4.79 Å². The van der Waals surface area contributed by atoms with Crippen LogP contribution in [0.25, 0.3) is 0 Å². The van der Waals surface area contributed by atoms with E-state index in [1.165, 1.54) is 0 Å². The second-order valence-corrected chi connectivity index (χ2v) is 2.68. The highest BCUT2D eigenvalue weighted by Crippen LogP contribution is 2.16. The van der Waals surface area contributed by atoms with Crippen molar-refractivity contribution in [1.82, 2.24) is 0 Å². The summed E-state index contributed by atoms with van der Waals surface area (Å²) >= 11 is 0. The zero-order valence-electron chi connectivity index (χ0n) is 6.63. The van der Waals surface area contributed by atoms with E-state index in [4.69, 9.17) is 15.2 Å². The monoisotopic (exact) mass is 159 g/mol. The number of hydrogen-bond acceptors (Lipinski definition) is 4. The molecule has 4 heteroatoms. The molecule has 2 N–H and O–H groups in total. The number of rotatable bonds is 2. The predicted molar refractivity (Wildman–Crippen MR) is 39.0 cm³/mol. The van der Waals surface area contributed by atoms with Gasteiger partial charge in [0, 0.05) is 13.0 Å². The molecule has 1 rings (SSSR count). The minimum absolute atomic E-state index is 0.284. The van der Waals surface area contributed by atoms with Crippen molar-refractivity contribution in [3.8, 4) is 0 Å². The molecule has 1 aliphatic rings. The van der Waals surface area contributed by atoms with Crippen LogP contribution in [0, 0.1) is 0 Å². The number of esters is 1. The van der Waals surface area contributed by atoms with E-state index in [0.29, 0.717) is 19.6 Å². The maximum absolute atomic E-state index is 11.1. The van der Waals surface area contributed by atoms with Crippen molar-refractivity contribution in [2.75, 3.05) is 19.8 Å². The van der Waals surface area contributed by atoms with E-state index in [9.17, 15) is 4.79 Å². The Morgan fingerprint density at radius 3 is 3.00 bits per heavy atom. The summed E-state index contributed by atoms with van der Waals surface area (Å²) in [5.74, 6) is -0.350. The lowest BCUT2D eigenvalue weighted by atomic mass is 10.0. The maximum Gasteiger partial charge on any atom is 0.328 e. The smallest absolute Gasteiger partial charge is 0.328 e. The Bertz CT molecular complexity index is 152. The molecule has 0 radical (unpaired) electrons. The normalized spacial score (nSPS) is 30.4. The van der Waals surface area contributed by atoms with Crippen LogP contribution in [0.1, 0.15) is 13.3 Å². The SMILES string of the molecule is CCOC(=O)C1(N)CCOC1. The van der Waals surface area contributed by atoms with Gasteiger partial charge in [-0.15, -0.1) is 0 Å². The van der Waals surface area contributed by atoms with Crippen molar-refractivity contribution in [3.63, 3.8) is 0 Å². The molecule has 0 aliphatic carbocycles. The Labute approximate surface area is 65.7 Å². The number of nitrogens with two attached hydrogens (primary N) is 1. The minimum atomic E-state index is -0.879. The van der Waals surface area contributed by atoms with E-state index < -0.39 is 5.54 Å². The summed E-state index contributed by atoms with van der Waals surface area (Å²) in [5.41, 5.74) is 4.81. The molecule has 0 saturated carbocycles. The molecule has 1 fully saturated rings. The van der Waals surface area contributed by atoms with Gasteiger partial charge in [-0.2, -0.15) is 0 Å². The Morgan fingerprint density at radius 2 is 2.55 bits per heavy atom. The molecule has 4 nitrogen and oxygen atoms in total. The zero-order valence-corrected chi connectivity index (χ0v) is 6.63. The van der Waals surface area contributed by atoms with E-state index in [1.54, 1.807) is 6.92 Å². The summed E-state index contributed by atoms with van der Waals surface area (Å²) < 4.78 is 9.79. The van der Waals surface area contributed by atoms with E-state index >= 15 is 0 Å². The first-order valence-electron chi connectivity index (χ1n) is 3.73. The summed E-state index contributed by atoms with van der Waals surface area (Å²) in [6.45, 7) is 2.97. The lowest BCUT2D eigenvalue weighted by Crippen LogP contribution is -2.49. The van der Waals surface area contributed by atoms with Crippen molar-refractivity contribution >= 4 is 5.97 Å². The van der Waals surface area contributed by atoms with Crippen LogP contribution in [0.4, 0.5) is 0 Å². The summed E-state index contributed by atoms with van der Waals surface area (Å²) in [6, 6.07) is 0. The predicted octanol–water partition coefficient (Wildman–Crippen LogP) is -0.333. The average molecular weight is 159 g/mol. The summed E-state index contributed by atoms with van der Waals surface area (Å²) in [6.07, 6.45) is 0.561. The lowest BCUT2D eigenvalue weighted by Gasteiger charge is -2.18. The van der Waals surface area contributed by atoms with Crippen LogP contribution in [0.15, 0.2) is 0 Å². The standard InChI is InChI=1S/C7H13NO3/c1-2-11-6(9)7(8)3-4-10-5-7/h2-5,8H2,1H3. The third-order valence-corrected chi connectivity index (χ3v) is 1.73. The van der Waals surface area contributed by atoms with Gasteiger partial charge in [-0.05, 0) is 6.92 Å². The molecule has 1 unspecified atom stereocenters. The second-order valence-electron chi connectivity index (χ2n) is 2.68. The van der Waals surface area contributed by atoms with Gasteiger partial charge in [0.25, 0.3) is 0 Å². The molecule has 0 bridgehead atoms. The molecule has 0 aromatic rings. The fraction of sp³-hybridized carbons (Fsp3) is 0.857. The van der Waals surface area contributed by atoms with Crippen LogP contribution in [-0.2, 0) is 14.3 Å². The highest BCUT2D eigenvalue weighted by Gasteiger charge is 2.39. The van der Waals surface area contributed by atoms with Crippen LogP contribution in [0.5, 0.6) is 0 Å². The Kier molecular flexibility index (Phi) is 2.46. The van der Waals surface area contributed by atoms with Crippen LogP contribution in [-0.4, -0.2) is 31.3 Å². The van der Waals surface area contributed by atoms with Crippen molar-refractivity contribution in [1.29, 1.82) is 0 Å². The molecule has 0 aromatic heterocycles. The maximum atomic E-state index is 11.1. The van der Waals surface area contributed by atoms with E-state index in [-0.39, 0.29) is 12.6 Å². The van der Waals surface area contributed by atoms with Gasteiger partial charge in [-0.1, -0.05) is 0 Å². The Morgan fingerprint density at radius 1 is 1.82 bits per heavy atom. The van der Waals surface area contributed by atoms with Gasteiger partial charge in [-0.3, -0.25) is 0 Å². The molecule has 1 saturated heterocycles. The van der Waals surface area contributed by atoms with Gasteiger partial charge >= 0.3 is 5.97 Å². The minimum Gasteiger partial charge on any atom is -0.465 e. The van der Waals surface area contributed by atoms with Crippen molar-refractivity contribution in [2.45, 2.75) is 18.9 Å². The summed E-state index contributed by atoms with van der Waals surface area (Å²) in [4.78, 5) is 11.1. The molecule has 0 aromatic carbocycles. The van der Waals surface area contributed by atoms with Gasteiger partial charge in [0.15, 0.2) is 0 Å². The van der Waals surface area contributed by atoms with Gasteiger partial charge in [0.2, 0.25) is 0 Å². The van der Waals surface area contributed by atoms with Gasteiger partial charge in [0.1, 0.15) is 5.54 Å². The quantitative estimate of drug-likeness (QED) is 0.560. The summed E-state index contributed by atoms with van der Waals surface area (Å²) in [7, 11) is 0. The Hall–Kier alpha value is -0.610. The molecule has 1 heterocycles. The third kappa shape index (κ3) is 1.70. The first kappa shape index (κ1) is 8.49. The molecular weight excluding hydrogens is 146 g/mol. The highest BCUT2D eigenvalue weighted by molar-refractivity contribution is 5.81. The van der Waals surface area contributed by atoms with Crippen LogP contribution in [0.2, 0.25) is 0 Å². The average Bonchev–Trinajstić information content (AvgIpc) is 2.38. The molecule has 0 spiro atoms. The largest absolute Gasteiger partial charge is 0.465 e. The first-order valence-corrected chi connectivity index (χ1v) is 3.73. The fourth-order valence-electron chi connectivity index (χ4n) is 1.02. The topological polar surface area (TPSA) is 61.5 Å². The fourth-order valence-corrected chi connectivity index (χ4v) is 1.02. The molecule has 11 heavy (non-hydrogen) atoms. The second kappa shape index (κ2) is 3.19. The summed E-state index contributed by atoms with van der Waals surface area (Å²) in [5, 5.41) is 0. The van der Waals surface area contributed by atoms with Crippen molar-refractivity contribution in [2.24, 2.45) is 5.73 Å². The van der Waals surface area contributed by atoms with Crippen molar-refractivity contribution in [3.05, 3.63) is 0 Å². The number of hydrogen-bond donors (Lipinski definition) is 1. The molecule has 0 amide bonds. The van der Waals surface area contributed by atoms with Crippen LogP contribution >= 0.6 is 0 Å². The molecule has 1 atom stereocenters. The van der Waals surface area contributed by atoms with Crippen LogP contribution < -0.4 is 5.73 Å². The van der Waals surface area contributed by atoms with Gasteiger partial charge < -0.3 is 15.2 Å². The number of carbonyl (C=O) groups excluding carboxylic acids is 1. The number of ether oxygens (including phenoxy) is 2. The van der Waals surface area contributed by atoms with Crippen LogP contribution in [0.3, 0.4) is 0 Å². The number of carbonyl (C=O) groups is 1. The van der Waals surface area contributed by atoms with E-state index in [0.717, 1.165) is 0 Å². The third-order valence-electron chi connectivity index (χ3n) is 1.73. The highest BCUT2D eigenvalue weighted by atomic mass is 16.5. The molecule has 64 valence electrons.